The van der Waals surface area contributed by atoms with Crippen molar-refractivity contribution in [2.75, 3.05) is 5.73 Å². The molecule has 0 fully saturated rings. The molecular weight excluding hydrogens is 212 g/mol. The first-order chi connectivity index (χ1) is 7.53. The summed E-state index contributed by atoms with van der Waals surface area (Å²) in [5.41, 5.74) is 7.18. The van der Waals surface area contributed by atoms with E-state index in [-0.39, 0.29) is 12.8 Å². The van der Waals surface area contributed by atoms with Crippen LogP contribution in [0.3, 0.4) is 0 Å². The van der Waals surface area contributed by atoms with Gasteiger partial charge in [-0.15, -0.1) is 0 Å². The van der Waals surface area contributed by atoms with E-state index in [1.165, 1.54) is 0 Å². The maximum Gasteiger partial charge on any atom is 0.252 e. The molecule has 0 aliphatic heterocycles. The summed E-state index contributed by atoms with van der Waals surface area (Å²) in [6.07, 6.45) is 2.00. The maximum absolute atomic E-state index is 13.2. The van der Waals surface area contributed by atoms with Gasteiger partial charge < -0.3 is 5.73 Å². The van der Waals surface area contributed by atoms with Gasteiger partial charge in [0.1, 0.15) is 5.82 Å². The Kier molecular flexibility index (Phi) is 2.86. The van der Waals surface area contributed by atoms with Crippen molar-refractivity contribution in [3.63, 3.8) is 0 Å². The molecule has 1 aromatic rings. The van der Waals surface area contributed by atoms with Crippen LogP contribution in [-0.2, 0) is 19.4 Å². The van der Waals surface area contributed by atoms with Gasteiger partial charge in [-0.3, -0.25) is 0 Å². The number of rotatable bonds is 3. The molecule has 1 aliphatic carbocycles. The highest BCUT2D eigenvalue weighted by Gasteiger charge is 2.37. The molecule has 16 heavy (non-hydrogen) atoms. The van der Waals surface area contributed by atoms with E-state index in [1.807, 2.05) is 0 Å². The largest absolute Gasteiger partial charge is 0.384 e. The van der Waals surface area contributed by atoms with Crippen molar-refractivity contribution in [2.24, 2.45) is 0 Å². The highest BCUT2D eigenvalue weighted by molar-refractivity contribution is 5.45. The number of fused-ring (bicyclic) bond motifs is 1. The summed E-state index contributed by atoms with van der Waals surface area (Å²) in [4.78, 5) is 0. The zero-order valence-corrected chi connectivity index (χ0v) is 9.47. The van der Waals surface area contributed by atoms with Crippen molar-refractivity contribution in [1.29, 1.82) is 0 Å². The molecule has 2 N–H and O–H groups in total. The minimum atomic E-state index is -2.61. The first-order valence-electron chi connectivity index (χ1n) is 5.75. The van der Waals surface area contributed by atoms with Gasteiger partial charge in [-0.25, -0.2) is 13.5 Å². The number of nitrogen functional groups attached to an aromatic ring is 1. The molecule has 0 unspecified atom stereocenters. The number of aromatic nitrogens is 2. The van der Waals surface area contributed by atoms with Crippen LogP contribution in [0.4, 0.5) is 14.6 Å². The molecule has 0 saturated carbocycles. The van der Waals surface area contributed by atoms with Crippen molar-refractivity contribution < 1.29 is 8.78 Å². The van der Waals surface area contributed by atoms with E-state index in [0.717, 1.165) is 25.1 Å². The maximum atomic E-state index is 13.2. The average molecular weight is 229 g/mol. The van der Waals surface area contributed by atoms with Crippen molar-refractivity contribution in [2.45, 2.75) is 51.5 Å². The number of nitrogens with two attached hydrogens (primary N) is 1. The summed E-state index contributed by atoms with van der Waals surface area (Å²) < 4.78 is 28.1. The molecule has 1 aliphatic rings. The molecule has 0 aromatic carbocycles. The van der Waals surface area contributed by atoms with E-state index >= 15 is 0 Å². The lowest BCUT2D eigenvalue weighted by Crippen LogP contribution is -2.25. The summed E-state index contributed by atoms with van der Waals surface area (Å²) in [6.45, 7) is 2.80. The summed E-state index contributed by atoms with van der Waals surface area (Å²) in [5, 5.41) is 4.31. The Hall–Kier alpha value is -1.13. The molecule has 3 nitrogen and oxygen atoms in total. The summed E-state index contributed by atoms with van der Waals surface area (Å²) in [7, 11) is 0. The van der Waals surface area contributed by atoms with Gasteiger partial charge in [0.05, 0.1) is 5.69 Å². The number of hydrogen-bond acceptors (Lipinski definition) is 2. The monoisotopic (exact) mass is 229 g/mol. The Balaban J connectivity index is 2.24. The number of hydrogen-bond donors (Lipinski definition) is 1. The van der Waals surface area contributed by atoms with Gasteiger partial charge in [-0.2, -0.15) is 5.10 Å². The molecule has 0 saturated heterocycles. The van der Waals surface area contributed by atoms with Crippen LogP contribution in [0.25, 0.3) is 0 Å². The fourth-order valence-corrected chi connectivity index (χ4v) is 2.08. The molecule has 90 valence electrons. The van der Waals surface area contributed by atoms with Crippen LogP contribution < -0.4 is 5.73 Å². The van der Waals surface area contributed by atoms with Crippen LogP contribution in [0, 0.1) is 0 Å². The highest BCUT2D eigenvalue weighted by atomic mass is 19.3. The van der Waals surface area contributed by atoms with E-state index in [0.29, 0.717) is 17.8 Å². The van der Waals surface area contributed by atoms with E-state index in [9.17, 15) is 8.78 Å². The summed E-state index contributed by atoms with van der Waals surface area (Å²) in [5.74, 6) is -2.18. The number of alkyl halides is 2. The van der Waals surface area contributed by atoms with Gasteiger partial charge >= 0.3 is 0 Å². The molecule has 0 spiro atoms. The normalized spacial score (nSPS) is 18.4. The van der Waals surface area contributed by atoms with Gasteiger partial charge in [0.25, 0.3) is 5.92 Å². The van der Waals surface area contributed by atoms with Crippen LogP contribution in [-0.4, -0.2) is 15.7 Å². The Morgan fingerprint density at radius 2 is 2.25 bits per heavy atom. The zero-order valence-electron chi connectivity index (χ0n) is 9.47. The highest BCUT2D eigenvalue weighted by Crippen LogP contribution is 2.35. The van der Waals surface area contributed by atoms with Crippen molar-refractivity contribution in [1.82, 2.24) is 9.78 Å². The van der Waals surface area contributed by atoms with Crippen molar-refractivity contribution in [3.05, 3.63) is 11.3 Å². The van der Waals surface area contributed by atoms with Crippen LogP contribution in [0.1, 0.15) is 37.4 Å². The van der Waals surface area contributed by atoms with Crippen LogP contribution in [0.2, 0.25) is 0 Å². The quantitative estimate of drug-likeness (QED) is 0.864. The zero-order chi connectivity index (χ0) is 11.8. The molecule has 1 aromatic heterocycles. The third kappa shape index (κ3) is 2.03. The third-order valence-corrected chi connectivity index (χ3v) is 3.06. The average Bonchev–Trinajstić information content (AvgIpc) is 2.52. The molecule has 2 rings (SSSR count). The van der Waals surface area contributed by atoms with Crippen molar-refractivity contribution >= 4 is 5.82 Å². The number of halogens is 2. The fourth-order valence-electron chi connectivity index (χ4n) is 2.08. The molecule has 5 heteroatoms. The Morgan fingerprint density at radius 1 is 1.50 bits per heavy atom. The first kappa shape index (κ1) is 11.4. The second-order valence-corrected chi connectivity index (χ2v) is 4.42. The Morgan fingerprint density at radius 3 is 2.94 bits per heavy atom. The molecule has 0 bridgehead atoms. The van der Waals surface area contributed by atoms with Gasteiger partial charge in [0.2, 0.25) is 0 Å². The first-order valence-corrected chi connectivity index (χ1v) is 5.75. The topological polar surface area (TPSA) is 43.8 Å². The Bertz CT molecular complexity index is 385. The van der Waals surface area contributed by atoms with Crippen LogP contribution in [0.5, 0.6) is 0 Å². The smallest absolute Gasteiger partial charge is 0.252 e. The number of unbranched alkanes of at least 4 members (excludes halogenated alkanes) is 1. The minimum absolute atomic E-state index is 0.107. The second kappa shape index (κ2) is 4.03. The fraction of sp³-hybridized carbons (Fsp3) is 0.727. The predicted molar refractivity (Wildman–Crippen MR) is 58.5 cm³/mol. The van der Waals surface area contributed by atoms with Crippen LogP contribution in [0.15, 0.2) is 0 Å². The standard InChI is InChI=1S/C11H17F2N3/c1-2-3-6-16-10(14)8-7-11(12,13)5-4-9(8)15-16/h2-7,14H2,1H3. The lowest BCUT2D eigenvalue weighted by atomic mass is 9.94. The van der Waals surface area contributed by atoms with E-state index in [1.54, 1.807) is 4.68 Å². The number of anilines is 1. The van der Waals surface area contributed by atoms with Crippen molar-refractivity contribution in [3.8, 4) is 0 Å². The predicted octanol–water partition coefficient (Wildman–Crippen LogP) is 2.39. The molecule has 0 atom stereocenters. The van der Waals surface area contributed by atoms with Gasteiger partial charge in [-0.05, 0) is 12.8 Å². The van der Waals surface area contributed by atoms with E-state index in [4.69, 9.17) is 5.73 Å². The lowest BCUT2D eigenvalue weighted by molar-refractivity contribution is -0.0123. The molecule has 0 amide bonds. The van der Waals surface area contributed by atoms with E-state index in [2.05, 4.69) is 12.0 Å². The molecular formula is C11H17F2N3. The summed E-state index contributed by atoms with van der Waals surface area (Å²) >= 11 is 0. The minimum Gasteiger partial charge on any atom is -0.384 e. The van der Waals surface area contributed by atoms with Gasteiger partial charge in [0, 0.05) is 24.9 Å². The summed E-state index contributed by atoms with van der Waals surface area (Å²) in [6, 6.07) is 0. The molecule has 1 heterocycles. The Labute approximate surface area is 93.6 Å². The number of aryl methyl sites for hydroxylation is 2. The van der Waals surface area contributed by atoms with Gasteiger partial charge in [0.15, 0.2) is 0 Å². The van der Waals surface area contributed by atoms with Crippen LogP contribution >= 0.6 is 0 Å². The van der Waals surface area contributed by atoms with E-state index < -0.39 is 5.92 Å². The second-order valence-electron chi connectivity index (χ2n) is 4.42. The van der Waals surface area contributed by atoms with Gasteiger partial charge in [-0.1, -0.05) is 13.3 Å². The number of nitrogens with zero attached hydrogens (tertiary/aromatic N) is 2. The lowest BCUT2D eigenvalue weighted by Gasteiger charge is -2.20. The molecule has 0 radical (unpaired) electrons. The SMILES string of the molecule is CCCCn1nc2c(c1N)CC(F)(F)CC2. The third-order valence-electron chi connectivity index (χ3n) is 3.06.